The number of amides is 1. The molecular formula is C12H17N2O8P. The zero-order valence-electron chi connectivity index (χ0n) is 12.0. The molecule has 1 rings (SSSR count). The highest BCUT2D eigenvalue weighted by atomic mass is 31.2. The largest absolute Gasteiger partial charge is 0.524 e. The number of phenolic OH excluding ortho intramolecular Hbond substituents is 1. The molecule has 1 aromatic carbocycles. The number of carbonyl (C=O) groups excluding carboxylic acids is 1. The van der Waals surface area contributed by atoms with Crippen molar-refractivity contribution in [3.8, 4) is 11.5 Å². The number of benzene rings is 1. The van der Waals surface area contributed by atoms with Gasteiger partial charge in [-0.15, -0.1) is 0 Å². The number of nitrogens with one attached hydrogen (secondary N) is 1. The molecule has 0 radical (unpaired) electrons. The molecular weight excluding hydrogens is 331 g/mol. The summed E-state index contributed by atoms with van der Waals surface area (Å²) in [5.41, 5.74) is 5.65. The van der Waals surface area contributed by atoms with Crippen LogP contribution in [0.5, 0.6) is 11.5 Å². The number of nitrogens with two attached hydrogens (primary N) is 1. The molecule has 11 heteroatoms. The van der Waals surface area contributed by atoms with Crippen molar-refractivity contribution >= 4 is 19.7 Å². The number of phosphoric ester groups is 1. The predicted molar refractivity (Wildman–Crippen MR) is 77.7 cm³/mol. The van der Waals surface area contributed by atoms with Crippen molar-refractivity contribution in [2.75, 3.05) is 0 Å². The Labute approximate surface area is 131 Å². The fourth-order valence-electron chi connectivity index (χ4n) is 1.63. The molecule has 2 atom stereocenters. The molecule has 0 heterocycles. The quantitative estimate of drug-likeness (QED) is 0.348. The molecule has 7 N–H and O–H groups in total. The minimum atomic E-state index is -4.83. The van der Waals surface area contributed by atoms with Gasteiger partial charge < -0.3 is 25.8 Å². The molecule has 128 valence electrons. The number of hydrogen-bond donors (Lipinski definition) is 6. The van der Waals surface area contributed by atoms with Crippen molar-refractivity contribution in [1.82, 2.24) is 5.32 Å². The van der Waals surface area contributed by atoms with Crippen molar-refractivity contribution in [2.24, 2.45) is 5.73 Å². The van der Waals surface area contributed by atoms with Crippen LogP contribution in [-0.4, -0.2) is 44.0 Å². The van der Waals surface area contributed by atoms with E-state index in [-0.39, 0.29) is 6.42 Å². The van der Waals surface area contributed by atoms with E-state index in [4.69, 9.17) is 20.6 Å². The normalized spacial score (nSPS) is 13.9. The summed E-state index contributed by atoms with van der Waals surface area (Å²) in [6.07, 6.45) is -0.169. The Morgan fingerprint density at radius 3 is 2.43 bits per heavy atom. The summed E-state index contributed by atoms with van der Waals surface area (Å²) >= 11 is 0. The maximum absolute atomic E-state index is 11.5. The summed E-state index contributed by atoms with van der Waals surface area (Å²) in [7, 11) is -4.83. The van der Waals surface area contributed by atoms with Crippen LogP contribution in [0.2, 0.25) is 0 Å². The summed E-state index contributed by atoms with van der Waals surface area (Å²) in [6, 6.07) is 1.30. The third kappa shape index (κ3) is 6.25. The molecule has 1 aromatic rings. The Balaban J connectivity index is 2.89. The molecule has 0 fully saturated rings. The monoisotopic (exact) mass is 348 g/mol. The molecule has 0 aliphatic heterocycles. The number of hydrogen-bond acceptors (Lipinski definition) is 6. The second kappa shape index (κ2) is 7.42. The van der Waals surface area contributed by atoms with Crippen LogP contribution in [0.4, 0.5) is 0 Å². The van der Waals surface area contributed by atoms with Gasteiger partial charge in [0, 0.05) is 6.42 Å². The fourth-order valence-corrected chi connectivity index (χ4v) is 2.04. The van der Waals surface area contributed by atoms with E-state index in [1.807, 2.05) is 0 Å². The first-order valence-electron chi connectivity index (χ1n) is 6.35. The zero-order valence-corrected chi connectivity index (χ0v) is 12.9. The summed E-state index contributed by atoms with van der Waals surface area (Å²) in [6.45, 7) is 1.40. The maximum atomic E-state index is 11.5. The first-order valence-corrected chi connectivity index (χ1v) is 7.88. The average molecular weight is 348 g/mol. The molecule has 0 aliphatic carbocycles. The van der Waals surface area contributed by atoms with E-state index in [0.717, 1.165) is 12.1 Å². The van der Waals surface area contributed by atoms with Gasteiger partial charge in [-0.1, -0.05) is 6.07 Å². The van der Waals surface area contributed by atoms with Crippen LogP contribution in [0, 0.1) is 0 Å². The Morgan fingerprint density at radius 2 is 2.00 bits per heavy atom. The molecule has 2 unspecified atom stereocenters. The van der Waals surface area contributed by atoms with Gasteiger partial charge >= 0.3 is 13.8 Å². The van der Waals surface area contributed by atoms with Crippen molar-refractivity contribution in [3.63, 3.8) is 0 Å². The predicted octanol–water partition coefficient (Wildman–Crippen LogP) is -0.677. The highest BCUT2D eigenvalue weighted by molar-refractivity contribution is 7.46. The molecule has 0 spiro atoms. The summed E-state index contributed by atoms with van der Waals surface area (Å²) < 4.78 is 15.0. The molecule has 23 heavy (non-hydrogen) atoms. The highest BCUT2D eigenvalue weighted by Gasteiger charge is 2.23. The van der Waals surface area contributed by atoms with E-state index in [9.17, 15) is 19.3 Å². The number of rotatable bonds is 7. The van der Waals surface area contributed by atoms with Crippen molar-refractivity contribution < 1.29 is 38.7 Å². The summed E-state index contributed by atoms with van der Waals surface area (Å²) in [5, 5.41) is 21.0. The number of carboxylic acid groups (broad SMARTS) is 1. The van der Waals surface area contributed by atoms with Gasteiger partial charge in [0.2, 0.25) is 5.91 Å². The molecule has 0 aromatic heterocycles. The van der Waals surface area contributed by atoms with Crippen molar-refractivity contribution in [1.29, 1.82) is 0 Å². The second-order valence-electron chi connectivity index (χ2n) is 4.78. The van der Waals surface area contributed by atoms with Gasteiger partial charge in [0.1, 0.15) is 6.04 Å². The van der Waals surface area contributed by atoms with Crippen LogP contribution in [-0.2, 0) is 20.6 Å². The number of aromatic hydroxyl groups is 1. The SMILES string of the molecule is CC(N)C(=O)NC(Cc1ccc(OP(=O)(O)O)c(O)c1)C(=O)O. The van der Waals surface area contributed by atoms with Gasteiger partial charge in [-0.05, 0) is 24.6 Å². The van der Waals surface area contributed by atoms with Crippen molar-refractivity contribution in [2.45, 2.75) is 25.4 Å². The average Bonchev–Trinajstić information content (AvgIpc) is 2.39. The number of phenols is 1. The van der Waals surface area contributed by atoms with Crippen LogP contribution in [0.15, 0.2) is 18.2 Å². The van der Waals surface area contributed by atoms with Crippen molar-refractivity contribution in [3.05, 3.63) is 23.8 Å². The van der Waals surface area contributed by atoms with Gasteiger partial charge in [0.15, 0.2) is 11.5 Å². The van der Waals surface area contributed by atoms with Gasteiger partial charge in [-0.2, -0.15) is 0 Å². The lowest BCUT2D eigenvalue weighted by Crippen LogP contribution is -2.48. The van der Waals surface area contributed by atoms with E-state index in [0.29, 0.717) is 5.56 Å². The van der Waals surface area contributed by atoms with E-state index in [1.165, 1.54) is 13.0 Å². The number of carboxylic acids is 1. The van der Waals surface area contributed by atoms with Gasteiger partial charge in [0.25, 0.3) is 0 Å². The van der Waals surface area contributed by atoms with E-state index in [2.05, 4.69) is 9.84 Å². The Kier molecular flexibility index (Phi) is 6.11. The molecule has 10 nitrogen and oxygen atoms in total. The maximum Gasteiger partial charge on any atom is 0.524 e. The number of aliphatic carboxylic acids is 1. The van der Waals surface area contributed by atoms with E-state index < -0.39 is 43.3 Å². The topological polar surface area (TPSA) is 179 Å². The Morgan fingerprint density at radius 1 is 1.39 bits per heavy atom. The summed E-state index contributed by atoms with van der Waals surface area (Å²) in [5.74, 6) is -2.97. The smallest absolute Gasteiger partial charge is 0.504 e. The zero-order chi connectivity index (χ0) is 17.8. The van der Waals surface area contributed by atoms with Gasteiger partial charge in [-0.3, -0.25) is 14.6 Å². The number of carbonyl (C=O) groups is 2. The van der Waals surface area contributed by atoms with Crippen LogP contribution in [0.1, 0.15) is 12.5 Å². The van der Waals surface area contributed by atoms with Gasteiger partial charge in [0.05, 0.1) is 6.04 Å². The Hall–Kier alpha value is -2.13. The third-order valence-corrected chi connectivity index (χ3v) is 3.14. The first kappa shape index (κ1) is 18.9. The van der Waals surface area contributed by atoms with Crippen LogP contribution >= 0.6 is 7.82 Å². The third-order valence-electron chi connectivity index (χ3n) is 2.71. The van der Waals surface area contributed by atoms with Crippen LogP contribution in [0.25, 0.3) is 0 Å². The van der Waals surface area contributed by atoms with Crippen LogP contribution in [0.3, 0.4) is 0 Å². The second-order valence-corrected chi connectivity index (χ2v) is 5.94. The lowest BCUT2D eigenvalue weighted by molar-refractivity contribution is -0.141. The lowest BCUT2D eigenvalue weighted by atomic mass is 10.0. The summed E-state index contributed by atoms with van der Waals surface area (Å²) in [4.78, 5) is 40.0. The molecule has 0 saturated carbocycles. The minimum absolute atomic E-state index is 0.169. The van der Waals surface area contributed by atoms with Gasteiger partial charge in [-0.25, -0.2) is 9.36 Å². The number of phosphoric acid groups is 1. The van der Waals surface area contributed by atoms with E-state index >= 15 is 0 Å². The first-order chi connectivity index (χ1) is 10.5. The molecule has 0 saturated heterocycles. The fraction of sp³-hybridized carbons (Fsp3) is 0.333. The molecule has 1 amide bonds. The van der Waals surface area contributed by atoms with E-state index in [1.54, 1.807) is 0 Å². The van der Waals surface area contributed by atoms with Crippen LogP contribution < -0.4 is 15.6 Å². The molecule has 0 aliphatic rings. The minimum Gasteiger partial charge on any atom is -0.504 e. The molecule has 0 bridgehead atoms. The standard InChI is InChI=1S/C12H17N2O8P/c1-6(13)11(16)14-8(12(17)18)4-7-2-3-10(9(15)5-7)22-23(19,20)21/h2-3,5-6,8,15H,4,13H2,1H3,(H,14,16)(H,17,18)(H2,19,20,21). The highest BCUT2D eigenvalue weighted by Crippen LogP contribution is 2.41. The lowest BCUT2D eigenvalue weighted by Gasteiger charge is -2.16. The Bertz CT molecular complexity index is 642.